The molecule has 2 aromatic carbocycles. The molecule has 6 heteroatoms. The normalized spacial score (nSPS) is 11.8. The van der Waals surface area contributed by atoms with Crippen LogP contribution in [-0.2, 0) is 16.8 Å². The Morgan fingerprint density at radius 2 is 1.61 bits per heavy atom. The third-order valence-electron chi connectivity index (χ3n) is 4.18. The number of rotatable bonds is 6. The van der Waals surface area contributed by atoms with Gasteiger partial charge in [0.05, 0.1) is 6.42 Å². The van der Waals surface area contributed by atoms with Crippen molar-refractivity contribution in [3.05, 3.63) is 70.2 Å². The summed E-state index contributed by atoms with van der Waals surface area (Å²) in [5.74, 6) is -0.471. The second-order valence-corrected chi connectivity index (χ2v) is 8.13. The smallest absolute Gasteiger partial charge is 0.271 e. The van der Waals surface area contributed by atoms with Crippen LogP contribution < -0.4 is 10.7 Å². The molecule has 148 valence electrons. The largest absolute Gasteiger partial charge is 0.352 e. The van der Waals surface area contributed by atoms with E-state index in [2.05, 4.69) is 36.6 Å². The summed E-state index contributed by atoms with van der Waals surface area (Å²) in [6, 6.07) is 14.7. The zero-order valence-corrected chi connectivity index (χ0v) is 17.4. The van der Waals surface area contributed by atoms with Gasteiger partial charge in [-0.15, -0.1) is 0 Å². The first kappa shape index (κ1) is 21.6. The molecule has 5 nitrogen and oxygen atoms in total. The second kappa shape index (κ2) is 9.51. The van der Waals surface area contributed by atoms with E-state index in [-0.39, 0.29) is 23.7 Å². The molecule has 0 saturated heterocycles. The third-order valence-corrected chi connectivity index (χ3v) is 4.43. The summed E-state index contributed by atoms with van der Waals surface area (Å²) in [5, 5.41) is 7.48. The van der Waals surface area contributed by atoms with Gasteiger partial charge in [0.1, 0.15) is 0 Å². The fourth-order valence-corrected chi connectivity index (χ4v) is 2.60. The van der Waals surface area contributed by atoms with Crippen molar-refractivity contribution < 1.29 is 9.59 Å². The summed E-state index contributed by atoms with van der Waals surface area (Å²) >= 11 is 5.84. The monoisotopic (exact) mass is 399 g/mol. The van der Waals surface area contributed by atoms with Crippen LogP contribution in [0.5, 0.6) is 0 Å². The number of nitrogens with zero attached hydrogens (tertiary/aromatic N) is 1. The molecule has 0 spiro atoms. The predicted octanol–water partition coefficient (Wildman–Crippen LogP) is 4.45. The van der Waals surface area contributed by atoms with Gasteiger partial charge in [0, 0.05) is 22.8 Å². The fourth-order valence-electron chi connectivity index (χ4n) is 2.47. The highest BCUT2D eigenvalue weighted by Gasteiger charge is 2.14. The molecule has 0 unspecified atom stereocenters. The molecule has 0 aliphatic carbocycles. The Morgan fingerprint density at radius 1 is 1.00 bits per heavy atom. The van der Waals surface area contributed by atoms with Crippen LogP contribution in [0.3, 0.4) is 0 Å². The van der Waals surface area contributed by atoms with Crippen molar-refractivity contribution in [3.8, 4) is 0 Å². The van der Waals surface area contributed by atoms with E-state index in [0.717, 1.165) is 11.1 Å². The van der Waals surface area contributed by atoms with Crippen molar-refractivity contribution in [1.29, 1.82) is 0 Å². The van der Waals surface area contributed by atoms with Crippen LogP contribution in [0.15, 0.2) is 53.6 Å². The van der Waals surface area contributed by atoms with Gasteiger partial charge in [0.15, 0.2) is 0 Å². The van der Waals surface area contributed by atoms with Crippen molar-refractivity contribution >= 4 is 29.1 Å². The Labute approximate surface area is 171 Å². The van der Waals surface area contributed by atoms with Crippen molar-refractivity contribution in [2.45, 2.75) is 46.1 Å². The van der Waals surface area contributed by atoms with Gasteiger partial charge in [0.2, 0.25) is 5.91 Å². The zero-order chi connectivity index (χ0) is 20.7. The van der Waals surface area contributed by atoms with E-state index in [1.165, 1.54) is 0 Å². The zero-order valence-electron chi connectivity index (χ0n) is 16.7. The van der Waals surface area contributed by atoms with E-state index in [1.807, 2.05) is 24.3 Å². The van der Waals surface area contributed by atoms with Gasteiger partial charge < -0.3 is 5.32 Å². The quantitative estimate of drug-likeness (QED) is 0.556. The van der Waals surface area contributed by atoms with Crippen LogP contribution in [0.2, 0.25) is 5.02 Å². The Bertz CT molecular complexity index is 851. The van der Waals surface area contributed by atoms with Gasteiger partial charge in [-0.25, -0.2) is 5.43 Å². The van der Waals surface area contributed by atoms with E-state index in [0.29, 0.717) is 22.8 Å². The topological polar surface area (TPSA) is 70.6 Å². The Hall–Kier alpha value is -2.66. The molecular weight excluding hydrogens is 374 g/mol. The first-order valence-electron chi connectivity index (χ1n) is 9.10. The van der Waals surface area contributed by atoms with Crippen LogP contribution in [0, 0.1) is 0 Å². The number of nitrogens with one attached hydrogen (secondary N) is 2. The molecule has 2 N–H and O–H groups in total. The minimum Gasteiger partial charge on any atom is -0.352 e. The summed E-state index contributed by atoms with van der Waals surface area (Å²) in [6.07, 6.45) is 0.108. The van der Waals surface area contributed by atoms with E-state index in [1.54, 1.807) is 31.2 Å². The van der Waals surface area contributed by atoms with Crippen LogP contribution in [0.1, 0.15) is 55.6 Å². The molecule has 0 bridgehead atoms. The molecule has 0 radical (unpaired) electrons. The van der Waals surface area contributed by atoms with Gasteiger partial charge in [0.25, 0.3) is 5.91 Å². The summed E-state index contributed by atoms with van der Waals surface area (Å²) in [5.41, 5.74) is 5.69. The van der Waals surface area contributed by atoms with Gasteiger partial charge in [-0.2, -0.15) is 5.10 Å². The van der Waals surface area contributed by atoms with Crippen molar-refractivity contribution in [2.75, 3.05) is 0 Å². The van der Waals surface area contributed by atoms with Crippen molar-refractivity contribution in [1.82, 2.24) is 10.7 Å². The van der Waals surface area contributed by atoms with E-state index >= 15 is 0 Å². The molecule has 0 aliphatic rings. The highest BCUT2D eigenvalue weighted by atomic mass is 35.5. The maximum atomic E-state index is 12.2. The average molecular weight is 400 g/mol. The average Bonchev–Trinajstić information content (AvgIpc) is 2.65. The van der Waals surface area contributed by atoms with Gasteiger partial charge in [-0.1, -0.05) is 56.6 Å². The number of hydrogen-bond acceptors (Lipinski definition) is 3. The minimum atomic E-state index is -0.304. The maximum absolute atomic E-state index is 12.2. The highest BCUT2D eigenvalue weighted by Crippen LogP contribution is 2.22. The lowest BCUT2D eigenvalue weighted by molar-refractivity contribution is -0.120. The molecule has 0 atom stereocenters. The SMILES string of the molecule is C/C(CC(=O)NCc1ccc(Cl)cc1)=N\NC(=O)c1ccc(C(C)(C)C)cc1. The van der Waals surface area contributed by atoms with Crippen LogP contribution in [0.25, 0.3) is 0 Å². The molecule has 0 aromatic heterocycles. The summed E-state index contributed by atoms with van der Waals surface area (Å²) in [4.78, 5) is 24.2. The second-order valence-electron chi connectivity index (χ2n) is 7.70. The molecule has 0 aliphatic heterocycles. The Balaban J connectivity index is 1.83. The fraction of sp³-hybridized carbons (Fsp3) is 0.318. The predicted molar refractivity (Wildman–Crippen MR) is 114 cm³/mol. The molecule has 28 heavy (non-hydrogen) atoms. The third kappa shape index (κ3) is 6.82. The molecule has 0 fully saturated rings. The van der Waals surface area contributed by atoms with E-state index < -0.39 is 0 Å². The molecule has 2 aromatic rings. The van der Waals surface area contributed by atoms with Crippen molar-refractivity contribution in [3.63, 3.8) is 0 Å². The lowest BCUT2D eigenvalue weighted by atomic mass is 9.87. The maximum Gasteiger partial charge on any atom is 0.271 e. The molecule has 2 amide bonds. The molecular formula is C22H26ClN3O2. The van der Waals surface area contributed by atoms with Crippen LogP contribution >= 0.6 is 11.6 Å². The first-order chi connectivity index (χ1) is 13.1. The van der Waals surface area contributed by atoms with Gasteiger partial charge in [-0.3, -0.25) is 9.59 Å². The summed E-state index contributed by atoms with van der Waals surface area (Å²) in [7, 11) is 0. The lowest BCUT2D eigenvalue weighted by Crippen LogP contribution is -2.26. The number of carbonyl (C=O) groups is 2. The number of hydrazone groups is 1. The number of carbonyl (C=O) groups excluding carboxylic acids is 2. The Kier molecular flexibility index (Phi) is 7.35. The lowest BCUT2D eigenvalue weighted by Gasteiger charge is -2.18. The minimum absolute atomic E-state index is 0.0309. The van der Waals surface area contributed by atoms with Gasteiger partial charge in [-0.05, 0) is 47.7 Å². The van der Waals surface area contributed by atoms with E-state index in [9.17, 15) is 9.59 Å². The van der Waals surface area contributed by atoms with E-state index in [4.69, 9.17) is 11.6 Å². The number of hydrogen-bond donors (Lipinski definition) is 2. The molecule has 0 saturated carbocycles. The first-order valence-corrected chi connectivity index (χ1v) is 9.48. The Morgan fingerprint density at radius 3 is 2.18 bits per heavy atom. The number of benzene rings is 2. The van der Waals surface area contributed by atoms with Crippen molar-refractivity contribution in [2.24, 2.45) is 5.10 Å². The molecule has 0 heterocycles. The summed E-state index contributed by atoms with van der Waals surface area (Å²) in [6.45, 7) is 8.47. The highest BCUT2D eigenvalue weighted by molar-refractivity contribution is 6.30. The number of amides is 2. The number of halogens is 1. The standard InChI is InChI=1S/C22H26ClN3O2/c1-15(13-20(27)24-14-16-5-11-19(23)12-6-16)25-26-21(28)17-7-9-18(10-8-17)22(2,3)4/h5-12H,13-14H2,1-4H3,(H,24,27)(H,26,28)/b25-15+. The van der Waals surface area contributed by atoms with Crippen LogP contribution in [0.4, 0.5) is 0 Å². The van der Waals surface area contributed by atoms with Crippen LogP contribution in [-0.4, -0.2) is 17.5 Å². The van der Waals surface area contributed by atoms with Gasteiger partial charge >= 0.3 is 0 Å². The molecule has 2 rings (SSSR count). The summed E-state index contributed by atoms with van der Waals surface area (Å²) < 4.78 is 0.